The molecule has 1 amide bonds. The number of hydrogen-bond acceptors (Lipinski definition) is 7. The lowest BCUT2D eigenvalue weighted by molar-refractivity contribution is -0.128. The second-order valence-electron chi connectivity index (χ2n) is 8.16. The number of nitrogens with zero attached hydrogens (tertiary/aromatic N) is 3. The third kappa shape index (κ3) is 5.47. The van der Waals surface area contributed by atoms with Gasteiger partial charge >= 0.3 is 5.97 Å². The molecule has 33 heavy (non-hydrogen) atoms. The first-order valence-electron chi connectivity index (χ1n) is 11.1. The standard InChI is InChI=1S/C24H27N3O5S/c1-3-10-26(13-16-6-7-16)21(28)15-33-24-25-20-12-17(23(30)31-2)8-9-19(20)22(29)27(24)14-18-5-4-11-32-18/h4-5,8-9,11-12,16H,3,6-7,10,13-15H2,1-2H3. The van der Waals surface area contributed by atoms with Gasteiger partial charge in [0.25, 0.3) is 5.56 Å². The summed E-state index contributed by atoms with van der Waals surface area (Å²) in [6, 6.07) is 8.21. The average Bonchev–Trinajstić information content (AvgIpc) is 3.49. The number of carbonyl (C=O) groups is 2. The molecule has 1 aliphatic rings. The van der Waals surface area contributed by atoms with Gasteiger partial charge in [0.2, 0.25) is 5.91 Å². The summed E-state index contributed by atoms with van der Waals surface area (Å²) in [4.78, 5) is 44.8. The third-order valence-corrected chi connectivity index (χ3v) is 6.54. The Hall–Kier alpha value is -3.07. The first-order chi connectivity index (χ1) is 16.0. The van der Waals surface area contributed by atoms with Crippen LogP contribution < -0.4 is 5.56 Å². The normalized spacial score (nSPS) is 13.3. The Bertz CT molecular complexity index is 1200. The topological polar surface area (TPSA) is 94.6 Å². The summed E-state index contributed by atoms with van der Waals surface area (Å²) in [5.74, 6) is 0.936. The number of methoxy groups -OCH3 is 1. The Labute approximate surface area is 195 Å². The van der Waals surface area contributed by atoms with E-state index in [0.717, 1.165) is 19.5 Å². The number of furan rings is 1. The van der Waals surface area contributed by atoms with Gasteiger partial charge < -0.3 is 14.1 Å². The minimum atomic E-state index is -0.502. The number of carbonyl (C=O) groups excluding carboxylic acids is 2. The molecule has 0 radical (unpaired) electrons. The average molecular weight is 470 g/mol. The molecule has 0 atom stereocenters. The number of rotatable bonds is 10. The summed E-state index contributed by atoms with van der Waals surface area (Å²) in [7, 11) is 1.30. The molecule has 1 fully saturated rings. The van der Waals surface area contributed by atoms with Crippen molar-refractivity contribution in [3.63, 3.8) is 0 Å². The van der Waals surface area contributed by atoms with Gasteiger partial charge in [-0.2, -0.15) is 0 Å². The molecule has 174 valence electrons. The molecule has 1 aliphatic carbocycles. The summed E-state index contributed by atoms with van der Waals surface area (Å²) < 4.78 is 11.7. The molecule has 1 aromatic carbocycles. The Morgan fingerprint density at radius 3 is 2.79 bits per heavy atom. The Balaban J connectivity index is 1.66. The van der Waals surface area contributed by atoms with E-state index in [-0.39, 0.29) is 23.8 Å². The van der Waals surface area contributed by atoms with Gasteiger partial charge in [0, 0.05) is 13.1 Å². The second kappa shape index (κ2) is 10.2. The van der Waals surface area contributed by atoms with Crippen molar-refractivity contribution >= 4 is 34.5 Å². The number of thioether (sulfide) groups is 1. The maximum Gasteiger partial charge on any atom is 0.337 e. The van der Waals surface area contributed by atoms with Crippen LogP contribution in [0.25, 0.3) is 10.9 Å². The van der Waals surface area contributed by atoms with Gasteiger partial charge in [-0.3, -0.25) is 14.2 Å². The number of fused-ring (bicyclic) bond motifs is 1. The van der Waals surface area contributed by atoms with Crippen LogP contribution in [0.15, 0.2) is 51.0 Å². The first-order valence-corrected chi connectivity index (χ1v) is 12.0. The summed E-state index contributed by atoms with van der Waals surface area (Å²) in [5.41, 5.74) is 0.439. The van der Waals surface area contributed by atoms with Crippen molar-refractivity contribution in [2.24, 2.45) is 5.92 Å². The van der Waals surface area contributed by atoms with Crippen LogP contribution >= 0.6 is 11.8 Å². The van der Waals surface area contributed by atoms with E-state index in [1.54, 1.807) is 36.6 Å². The minimum Gasteiger partial charge on any atom is -0.467 e. The zero-order valence-corrected chi connectivity index (χ0v) is 19.6. The van der Waals surface area contributed by atoms with Crippen LogP contribution in [0.4, 0.5) is 0 Å². The van der Waals surface area contributed by atoms with Crippen LogP contribution in [-0.4, -0.2) is 52.3 Å². The van der Waals surface area contributed by atoms with E-state index in [9.17, 15) is 14.4 Å². The van der Waals surface area contributed by atoms with Crippen LogP contribution in [-0.2, 0) is 16.1 Å². The van der Waals surface area contributed by atoms with Crippen molar-refractivity contribution in [2.75, 3.05) is 26.0 Å². The molecule has 1 saturated carbocycles. The van der Waals surface area contributed by atoms with E-state index < -0.39 is 5.97 Å². The van der Waals surface area contributed by atoms with Gasteiger partial charge in [-0.15, -0.1) is 0 Å². The molecule has 2 heterocycles. The molecule has 9 heteroatoms. The fraction of sp³-hybridized carbons (Fsp3) is 0.417. The highest BCUT2D eigenvalue weighted by molar-refractivity contribution is 7.99. The van der Waals surface area contributed by atoms with E-state index in [1.165, 1.54) is 36.3 Å². The molecule has 8 nitrogen and oxygen atoms in total. The summed E-state index contributed by atoms with van der Waals surface area (Å²) >= 11 is 1.23. The zero-order chi connectivity index (χ0) is 23.4. The van der Waals surface area contributed by atoms with Crippen molar-refractivity contribution in [3.05, 3.63) is 58.3 Å². The molecule has 3 aromatic rings. The van der Waals surface area contributed by atoms with E-state index in [4.69, 9.17) is 9.15 Å². The molecular formula is C24H27N3O5S. The van der Waals surface area contributed by atoms with Crippen molar-refractivity contribution in [1.82, 2.24) is 14.5 Å². The lowest BCUT2D eigenvalue weighted by Crippen LogP contribution is -2.35. The summed E-state index contributed by atoms with van der Waals surface area (Å²) in [6.07, 6.45) is 4.81. The van der Waals surface area contributed by atoms with Crippen LogP contribution in [0, 0.1) is 5.92 Å². The molecule has 0 unspecified atom stereocenters. The van der Waals surface area contributed by atoms with Crippen molar-refractivity contribution < 1.29 is 18.7 Å². The lowest BCUT2D eigenvalue weighted by Gasteiger charge is -2.22. The first kappa shape index (κ1) is 23.1. The van der Waals surface area contributed by atoms with Crippen molar-refractivity contribution in [1.29, 1.82) is 0 Å². The van der Waals surface area contributed by atoms with Crippen LogP contribution in [0.5, 0.6) is 0 Å². The molecule has 4 rings (SSSR count). The van der Waals surface area contributed by atoms with E-state index in [2.05, 4.69) is 11.9 Å². The largest absolute Gasteiger partial charge is 0.467 e. The highest BCUT2D eigenvalue weighted by Gasteiger charge is 2.26. The lowest BCUT2D eigenvalue weighted by atomic mass is 10.1. The number of aromatic nitrogens is 2. The molecule has 0 saturated heterocycles. The maximum absolute atomic E-state index is 13.3. The van der Waals surface area contributed by atoms with Crippen molar-refractivity contribution in [2.45, 2.75) is 37.9 Å². The SMILES string of the molecule is CCCN(CC1CC1)C(=O)CSc1nc2cc(C(=O)OC)ccc2c(=O)n1Cc1ccco1. The van der Waals surface area contributed by atoms with E-state index in [0.29, 0.717) is 33.3 Å². The van der Waals surface area contributed by atoms with E-state index in [1.807, 2.05) is 4.90 Å². The second-order valence-corrected chi connectivity index (χ2v) is 9.10. The highest BCUT2D eigenvalue weighted by atomic mass is 32.2. The Morgan fingerprint density at radius 2 is 2.12 bits per heavy atom. The van der Waals surface area contributed by atoms with Crippen LogP contribution in [0.2, 0.25) is 0 Å². The molecular weight excluding hydrogens is 442 g/mol. The van der Waals surface area contributed by atoms with Gasteiger partial charge in [0.05, 0.1) is 42.1 Å². The fourth-order valence-corrected chi connectivity index (χ4v) is 4.57. The number of benzene rings is 1. The molecule has 0 N–H and O–H groups in total. The van der Waals surface area contributed by atoms with Gasteiger partial charge in [0.15, 0.2) is 5.16 Å². The van der Waals surface area contributed by atoms with Crippen molar-refractivity contribution in [3.8, 4) is 0 Å². The molecule has 2 aromatic heterocycles. The van der Waals surface area contributed by atoms with Gasteiger partial charge in [0.1, 0.15) is 5.76 Å². The molecule has 0 spiro atoms. The third-order valence-electron chi connectivity index (χ3n) is 5.58. The number of hydrogen-bond donors (Lipinski definition) is 0. The minimum absolute atomic E-state index is 0.0379. The van der Waals surface area contributed by atoms with Crippen LogP contribution in [0.1, 0.15) is 42.3 Å². The van der Waals surface area contributed by atoms with Gasteiger partial charge in [-0.25, -0.2) is 9.78 Å². The number of amides is 1. The zero-order valence-electron chi connectivity index (χ0n) is 18.8. The highest BCUT2D eigenvalue weighted by Crippen LogP contribution is 2.30. The van der Waals surface area contributed by atoms with Gasteiger partial charge in [-0.1, -0.05) is 18.7 Å². The fourth-order valence-electron chi connectivity index (χ4n) is 3.67. The quantitative estimate of drug-likeness (QED) is 0.254. The Kier molecular flexibility index (Phi) is 7.17. The predicted octanol–water partition coefficient (Wildman–Crippen LogP) is 3.57. The summed E-state index contributed by atoms with van der Waals surface area (Å²) in [5, 5.41) is 0.786. The number of esters is 1. The van der Waals surface area contributed by atoms with E-state index >= 15 is 0 Å². The Morgan fingerprint density at radius 1 is 1.30 bits per heavy atom. The summed E-state index contributed by atoms with van der Waals surface area (Å²) in [6.45, 7) is 3.78. The number of ether oxygens (including phenoxy) is 1. The molecule has 0 aliphatic heterocycles. The van der Waals surface area contributed by atoms with Crippen LogP contribution in [0.3, 0.4) is 0 Å². The smallest absolute Gasteiger partial charge is 0.337 e. The predicted molar refractivity (Wildman–Crippen MR) is 125 cm³/mol. The monoisotopic (exact) mass is 469 g/mol. The maximum atomic E-state index is 13.3. The molecule has 0 bridgehead atoms. The van der Waals surface area contributed by atoms with Gasteiger partial charge in [-0.05, 0) is 55.5 Å².